The standard InChI is InChI=1S/C26H26N4O3/c1-3-26(31)33-18-8-7-17-32-25-16-15-24(19-20(25)2)30-29-23-13-11-22(12-14-23)28-27-21-9-5-4-6-10-21/h3-6,9-16,19H,1,7-8,17-18H2,2H3/b28-27?,30-29+. The van der Waals surface area contributed by atoms with Crippen LogP contribution in [0.2, 0.25) is 0 Å². The van der Waals surface area contributed by atoms with Crippen LogP contribution in [0.15, 0.2) is 106 Å². The van der Waals surface area contributed by atoms with Crippen LogP contribution in [0.3, 0.4) is 0 Å². The van der Waals surface area contributed by atoms with E-state index in [1.807, 2.05) is 79.7 Å². The van der Waals surface area contributed by atoms with Crippen LogP contribution in [0.1, 0.15) is 18.4 Å². The summed E-state index contributed by atoms with van der Waals surface area (Å²) in [5.41, 5.74) is 3.99. The van der Waals surface area contributed by atoms with Crippen molar-refractivity contribution < 1.29 is 14.3 Å². The number of carbonyl (C=O) groups excluding carboxylic acids is 1. The highest BCUT2D eigenvalue weighted by Gasteiger charge is 2.02. The van der Waals surface area contributed by atoms with E-state index in [0.29, 0.717) is 13.2 Å². The first-order valence-electron chi connectivity index (χ1n) is 10.7. The Morgan fingerprint density at radius 2 is 1.33 bits per heavy atom. The molecule has 0 atom stereocenters. The fourth-order valence-electron chi connectivity index (χ4n) is 2.79. The van der Waals surface area contributed by atoms with Crippen LogP contribution in [0.5, 0.6) is 5.75 Å². The van der Waals surface area contributed by atoms with Gasteiger partial charge in [0, 0.05) is 6.08 Å². The molecule has 0 aliphatic carbocycles. The molecule has 3 aromatic rings. The van der Waals surface area contributed by atoms with Crippen molar-refractivity contribution in [3.05, 3.63) is 91.0 Å². The summed E-state index contributed by atoms with van der Waals surface area (Å²) < 4.78 is 10.7. The topological polar surface area (TPSA) is 85.0 Å². The Labute approximate surface area is 193 Å². The number of azo groups is 2. The van der Waals surface area contributed by atoms with Gasteiger partial charge in [-0.1, -0.05) is 24.8 Å². The minimum absolute atomic E-state index is 0.364. The first kappa shape index (κ1) is 23.5. The van der Waals surface area contributed by atoms with Gasteiger partial charge < -0.3 is 9.47 Å². The number of unbranched alkanes of at least 4 members (excludes halogenated alkanes) is 1. The third-order valence-corrected chi connectivity index (χ3v) is 4.53. The van der Waals surface area contributed by atoms with Crippen LogP contribution in [-0.2, 0) is 9.53 Å². The van der Waals surface area contributed by atoms with Gasteiger partial charge in [-0.2, -0.15) is 20.5 Å². The molecule has 0 saturated heterocycles. The Balaban J connectivity index is 1.48. The largest absolute Gasteiger partial charge is 0.493 e. The molecule has 3 rings (SSSR count). The number of carbonyl (C=O) groups is 1. The van der Waals surface area contributed by atoms with E-state index in [1.165, 1.54) is 0 Å². The number of nitrogens with zero attached hydrogens (tertiary/aromatic N) is 4. The van der Waals surface area contributed by atoms with Crippen molar-refractivity contribution in [3.63, 3.8) is 0 Å². The van der Waals surface area contributed by atoms with Crippen LogP contribution < -0.4 is 4.74 Å². The minimum atomic E-state index is -0.402. The van der Waals surface area contributed by atoms with E-state index in [0.717, 1.165) is 53.0 Å². The van der Waals surface area contributed by atoms with Crippen molar-refractivity contribution in [2.75, 3.05) is 13.2 Å². The predicted octanol–water partition coefficient (Wildman–Crippen LogP) is 7.71. The van der Waals surface area contributed by atoms with E-state index in [1.54, 1.807) is 0 Å². The van der Waals surface area contributed by atoms with Crippen LogP contribution in [-0.4, -0.2) is 19.2 Å². The first-order chi connectivity index (χ1) is 16.1. The van der Waals surface area contributed by atoms with Gasteiger partial charge >= 0.3 is 5.97 Å². The maximum Gasteiger partial charge on any atom is 0.330 e. The number of esters is 1. The summed E-state index contributed by atoms with van der Waals surface area (Å²) in [6.07, 6.45) is 2.68. The molecule has 0 aliphatic heterocycles. The number of hydrogen-bond acceptors (Lipinski definition) is 7. The SMILES string of the molecule is C=CC(=O)OCCCCOc1ccc(/N=N/c2ccc(N=Nc3ccccc3)cc2)cc1C. The molecule has 0 spiro atoms. The molecule has 168 valence electrons. The lowest BCUT2D eigenvalue weighted by atomic mass is 10.2. The molecule has 0 fully saturated rings. The zero-order chi connectivity index (χ0) is 23.3. The number of aryl methyl sites for hydroxylation is 1. The summed E-state index contributed by atoms with van der Waals surface area (Å²) in [5.74, 6) is 0.395. The van der Waals surface area contributed by atoms with E-state index < -0.39 is 5.97 Å². The van der Waals surface area contributed by atoms with Gasteiger partial charge in [0.15, 0.2) is 0 Å². The molecule has 7 heteroatoms. The van der Waals surface area contributed by atoms with E-state index in [4.69, 9.17) is 9.47 Å². The van der Waals surface area contributed by atoms with Gasteiger partial charge in [-0.25, -0.2) is 4.79 Å². The van der Waals surface area contributed by atoms with Gasteiger partial charge in [-0.15, -0.1) is 0 Å². The van der Waals surface area contributed by atoms with Crippen LogP contribution in [0.4, 0.5) is 22.7 Å². The lowest BCUT2D eigenvalue weighted by Crippen LogP contribution is -2.04. The molecule has 0 unspecified atom stereocenters. The highest BCUT2D eigenvalue weighted by atomic mass is 16.5. The Bertz CT molecular complexity index is 1110. The predicted molar refractivity (Wildman–Crippen MR) is 128 cm³/mol. The molecule has 0 amide bonds. The summed E-state index contributed by atoms with van der Waals surface area (Å²) in [5, 5.41) is 17.0. The van der Waals surface area contributed by atoms with Crippen molar-refractivity contribution in [1.29, 1.82) is 0 Å². The first-order valence-corrected chi connectivity index (χ1v) is 10.7. The molecule has 33 heavy (non-hydrogen) atoms. The lowest BCUT2D eigenvalue weighted by Gasteiger charge is -2.09. The normalized spacial score (nSPS) is 11.1. The van der Waals surface area contributed by atoms with Gasteiger partial charge in [-0.3, -0.25) is 0 Å². The van der Waals surface area contributed by atoms with Crippen molar-refractivity contribution >= 4 is 28.7 Å². The quantitative estimate of drug-likeness (QED) is 0.132. The summed E-state index contributed by atoms with van der Waals surface area (Å²) in [4.78, 5) is 11.0. The van der Waals surface area contributed by atoms with Crippen molar-refractivity contribution in [2.45, 2.75) is 19.8 Å². The molecule has 0 aliphatic rings. The van der Waals surface area contributed by atoms with Gasteiger partial charge in [0.2, 0.25) is 0 Å². The third kappa shape index (κ3) is 8.14. The summed E-state index contributed by atoms with van der Waals surface area (Å²) in [6, 6.07) is 22.6. The van der Waals surface area contributed by atoms with Crippen molar-refractivity contribution in [2.24, 2.45) is 20.5 Å². The average molecular weight is 443 g/mol. The smallest absolute Gasteiger partial charge is 0.330 e. The molecule has 0 saturated carbocycles. The Kier molecular flexibility index (Phi) is 9.03. The monoisotopic (exact) mass is 442 g/mol. The molecule has 0 heterocycles. The van der Waals surface area contributed by atoms with E-state index in [2.05, 4.69) is 27.0 Å². The number of rotatable bonds is 11. The molecular weight excluding hydrogens is 416 g/mol. The van der Waals surface area contributed by atoms with Crippen LogP contribution >= 0.6 is 0 Å². The lowest BCUT2D eigenvalue weighted by molar-refractivity contribution is -0.137. The average Bonchev–Trinajstić information content (AvgIpc) is 2.85. The van der Waals surface area contributed by atoms with Gasteiger partial charge in [-0.05, 0) is 79.9 Å². The molecule has 0 N–H and O–H groups in total. The second-order valence-electron chi connectivity index (χ2n) is 7.13. The summed E-state index contributed by atoms with van der Waals surface area (Å²) in [7, 11) is 0. The number of benzene rings is 3. The Morgan fingerprint density at radius 3 is 1.94 bits per heavy atom. The van der Waals surface area contributed by atoms with Gasteiger partial charge in [0.05, 0.1) is 36.0 Å². The van der Waals surface area contributed by atoms with E-state index in [9.17, 15) is 4.79 Å². The Morgan fingerprint density at radius 1 is 0.788 bits per heavy atom. The highest BCUT2D eigenvalue weighted by molar-refractivity contribution is 5.81. The molecular formula is C26H26N4O3. The molecule has 7 nitrogen and oxygen atoms in total. The van der Waals surface area contributed by atoms with Crippen LogP contribution in [0, 0.1) is 6.92 Å². The fraction of sp³-hybridized carbons (Fsp3) is 0.192. The Hall–Kier alpha value is -4.13. The van der Waals surface area contributed by atoms with Crippen LogP contribution in [0.25, 0.3) is 0 Å². The fourth-order valence-corrected chi connectivity index (χ4v) is 2.79. The molecule has 3 aromatic carbocycles. The molecule has 0 aromatic heterocycles. The van der Waals surface area contributed by atoms with Gasteiger partial charge in [0.1, 0.15) is 5.75 Å². The second-order valence-corrected chi connectivity index (χ2v) is 7.13. The maximum absolute atomic E-state index is 11.0. The van der Waals surface area contributed by atoms with Crippen molar-refractivity contribution in [1.82, 2.24) is 0 Å². The summed E-state index contributed by atoms with van der Waals surface area (Å²) in [6.45, 7) is 6.23. The third-order valence-electron chi connectivity index (χ3n) is 4.53. The molecule has 0 bridgehead atoms. The zero-order valence-electron chi connectivity index (χ0n) is 18.6. The van der Waals surface area contributed by atoms with E-state index >= 15 is 0 Å². The molecule has 0 radical (unpaired) electrons. The number of hydrogen-bond donors (Lipinski definition) is 0. The minimum Gasteiger partial charge on any atom is -0.493 e. The van der Waals surface area contributed by atoms with Gasteiger partial charge in [0.25, 0.3) is 0 Å². The second kappa shape index (κ2) is 12.7. The van der Waals surface area contributed by atoms with E-state index in [-0.39, 0.29) is 0 Å². The maximum atomic E-state index is 11.0. The highest BCUT2D eigenvalue weighted by Crippen LogP contribution is 2.27. The number of ether oxygens (including phenoxy) is 2. The van der Waals surface area contributed by atoms with Crippen molar-refractivity contribution in [3.8, 4) is 5.75 Å². The summed E-state index contributed by atoms with van der Waals surface area (Å²) >= 11 is 0. The zero-order valence-corrected chi connectivity index (χ0v) is 18.6.